The summed E-state index contributed by atoms with van der Waals surface area (Å²) in [5.41, 5.74) is -0.154. The molecule has 1 aromatic heterocycles. The van der Waals surface area contributed by atoms with Gasteiger partial charge in [-0.2, -0.15) is 13.2 Å². The van der Waals surface area contributed by atoms with Crippen molar-refractivity contribution in [1.82, 2.24) is 9.97 Å². The molecule has 0 amide bonds. The minimum Gasteiger partial charge on any atom is -0.351 e. The highest BCUT2D eigenvalue weighted by Crippen LogP contribution is 2.32. The Bertz CT molecular complexity index is 680. The fourth-order valence-corrected chi connectivity index (χ4v) is 2.80. The molecule has 0 bridgehead atoms. The zero-order valence-corrected chi connectivity index (χ0v) is 13.0. The van der Waals surface area contributed by atoms with E-state index < -0.39 is 11.9 Å². The molecule has 122 valence electrons. The molecule has 0 aliphatic heterocycles. The Morgan fingerprint density at radius 2 is 1.70 bits per heavy atom. The van der Waals surface area contributed by atoms with Crippen molar-refractivity contribution in [2.75, 3.05) is 5.32 Å². The van der Waals surface area contributed by atoms with Crippen LogP contribution in [0.25, 0.3) is 11.3 Å². The Hall–Kier alpha value is -1.82. The van der Waals surface area contributed by atoms with Crippen molar-refractivity contribution in [3.05, 3.63) is 41.0 Å². The fraction of sp³-hybridized carbons (Fsp3) is 0.375. The molecule has 0 atom stereocenters. The van der Waals surface area contributed by atoms with Crippen molar-refractivity contribution in [2.24, 2.45) is 0 Å². The minimum atomic E-state index is -4.52. The summed E-state index contributed by atoms with van der Waals surface area (Å²) < 4.78 is 39.3. The molecular formula is C16H15ClF3N3. The van der Waals surface area contributed by atoms with E-state index in [1.165, 1.54) is 0 Å². The number of hydrogen-bond acceptors (Lipinski definition) is 3. The Labute approximate surface area is 136 Å². The molecule has 1 saturated carbocycles. The van der Waals surface area contributed by atoms with Gasteiger partial charge in [0.05, 0.1) is 5.69 Å². The van der Waals surface area contributed by atoms with Crippen LogP contribution in [0.5, 0.6) is 0 Å². The highest BCUT2D eigenvalue weighted by Gasteiger charge is 2.34. The molecule has 0 saturated heterocycles. The van der Waals surface area contributed by atoms with Gasteiger partial charge in [-0.05, 0) is 31.0 Å². The van der Waals surface area contributed by atoms with E-state index in [1.54, 1.807) is 24.3 Å². The van der Waals surface area contributed by atoms with Gasteiger partial charge in [0.25, 0.3) is 0 Å². The van der Waals surface area contributed by atoms with Gasteiger partial charge in [0, 0.05) is 16.6 Å². The molecule has 3 nitrogen and oxygen atoms in total. The van der Waals surface area contributed by atoms with E-state index in [0.29, 0.717) is 10.6 Å². The number of rotatable bonds is 3. The van der Waals surface area contributed by atoms with Gasteiger partial charge < -0.3 is 5.32 Å². The van der Waals surface area contributed by atoms with E-state index in [2.05, 4.69) is 15.3 Å². The number of nitrogens with one attached hydrogen (secondary N) is 1. The van der Waals surface area contributed by atoms with E-state index >= 15 is 0 Å². The Balaban J connectivity index is 1.98. The van der Waals surface area contributed by atoms with E-state index in [1.807, 2.05) is 0 Å². The summed E-state index contributed by atoms with van der Waals surface area (Å²) >= 11 is 5.82. The van der Waals surface area contributed by atoms with Crippen molar-refractivity contribution < 1.29 is 13.2 Å². The summed E-state index contributed by atoms with van der Waals surface area (Å²) in [5, 5.41) is 3.54. The van der Waals surface area contributed by atoms with Crippen LogP contribution in [0.1, 0.15) is 31.4 Å². The van der Waals surface area contributed by atoms with Crippen LogP contribution in [0.15, 0.2) is 30.3 Å². The predicted molar refractivity (Wildman–Crippen MR) is 83.4 cm³/mol. The average molecular weight is 342 g/mol. The molecule has 1 aromatic carbocycles. The average Bonchev–Trinajstić information content (AvgIpc) is 2.99. The zero-order valence-electron chi connectivity index (χ0n) is 12.2. The molecule has 1 fully saturated rings. The standard InChI is InChI=1S/C16H15ClF3N3/c17-11-7-5-10(6-8-11)13-9-14(16(18,19)20)23-15(22-13)21-12-3-1-2-4-12/h5-9,12H,1-4H2,(H,21,22,23). The second kappa shape index (κ2) is 6.35. The zero-order chi connectivity index (χ0) is 16.4. The molecular weight excluding hydrogens is 327 g/mol. The molecule has 1 heterocycles. The number of nitrogens with zero attached hydrogens (tertiary/aromatic N) is 2. The van der Waals surface area contributed by atoms with Gasteiger partial charge in [-0.1, -0.05) is 36.6 Å². The second-order valence-electron chi connectivity index (χ2n) is 5.59. The van der Waals surface area contributed by atoms with Crippen molar-refractivity contribution in [2.45, 2.75) is 37.9 Å². The van der Waals surface area contributed by atoms with Crippen LogP contribution in [-0.2, 0) is 6.18 Å². The summed E-state index contributed by atoms with van der Waals surface area (Å²) in [5.74, 6) is 0.0247. The number of hydrogen-bond donors (Lipinski definition) is 1. The SMILES string of the molecule is FC(F)(F)c1cc(-c2ccc(Cl)cc2)nc(NC2CCCC2)n1. The molecule has 23 heavy (non-hydrogen) atoms. The van der Waals surface area contributed by atoms with E-state index in [0.717, 1.165) is 31.7 Å². The van der Waals surface area contributed by atoms with Crippen LogP contribution in [-0.4, -0.2) is 16.0 Å². The van der Waals surface area contributed by atoms with Crippen molar-refractivity contribution in [3.8, 4) is 11.3 Å². The molecule has 1 N–H and O–H groups in total. The van der Waals surface area contributed by atoms with E-state index in [9.17, 15) is 13.2 Å². The van der Waals surface area contributed by atoms with Crippen LogP contribution in [0.4, 0.5) is 19.1 Å². The topological polar surface area (TPSA) is 37.8 Å². The third-order valence-electron chi connectivity index (χ3n) is 3.84. The van der Waals surface area contributed by atoms with Crippen LogP contribution in [0.3, 0.4) is 0 Å². The van der Waals surface area contributed by atoms with Crippen molar-refractivity contribution in [3.63, 3.8) is 0 Å². The van der Waals surface area contributed by atoms with E-state index in [4.69, 9.17) is 11.6 Å². The summed E-state index contributed by atoms with van der Waals surface area (Å²) in [6.07, 6.45) is -0.524. The van der Waals surface area contributed by atoms with Gasteiger partial charge in [0.1, 0.15) is 0 Å². The number of alkyl halides is 3. The lowest BCUT2D eigenvalue weighted by atomic mass is 10.1. The predicted octanol–water partition coefficient (Wildman–Crippen LogP) is 5.17. The maximum Gasteiger partial charge on any atom is 0.433 e. The lowest BCUT2D eigenvalue weighted by Gasteiger charge is -2.15. The van der Waals surface area contributed by atoms with Gasteiger partial charge >= 0.3 is 6.18 Å². The molecule has 2 aromatic rings. The maximum absolute atomic E-state index is 13.1. The first-order chi connectivity index (χ1) is 10.9. The third kappa shape index (κ3) is 3.93. The summed E-state index contributed by atoms with van der Waals surface area (Å²) in [7, 11) is 0. The normalized spacial score (nSPS) is 15.8. The molecule has 7 heteroatoms. The highest BCUT2D eigenvalue weighted by atomic mass is 35.5. The number of halogens is 4. The quantitative estimate of drug-likeness (QED) is 0.836. The molecule has 0 unspecified atom stereocenters. The van der Waals surface area contributed by atoms with Gasteiger partial charge in [0.2, 0.25) is 5.95 Å². The minimum absolute atomic E-state index is 0.0247. The Morgan fingerprint density at radius 1 is 1.04 bits per heavy atom. The number of benzene rings is 1. The van der Waals surface area contributed by atoms with Gasteiger partial charge in [0.15, 0.2) is 5.69 Å². The fourth-order valence-electron chi connectivity index (χ4n) is 2.68. The van der Waals surface area contributed by atoms with Crippen molar-refractivity contribution in [1.29, 1.82) is 0 Å². The smallest absolute Gasteiger partial charge is 0.351 e. The monoisotopic (exact) mass is 341 g/mol. The molecule has 0 radical (unpaired) electrons. The van der Waals surface area contributed by atoms with Crippen LogP contribution in [0, 0.1) is 0 Å². The Morgan fingerprint density at radius 3 is 2.30 bits per heavy atom. The summed E-state index contributed by atoms with van der Waals surface area (Å²) in [6.45, 7) is 0. The maximum atomic E-state index is 13.1. The molecule has 3 rings (SSSR count). The summed E-state index contributed by atoms with van der Waals surface area (Å²) in [4.78, 5) is 7.88. The third-order valence-corrected chi connectivity index (χ3v) is 4.10. The lowest BCUT2D eigenvalue weighted by molar-refractivity contribution is -0.141. The van der Waals surface area contributed by atoms with E-state index in [-0.39, 0.29) is 17.7 Å². The summed E-state index contributed by atoms with van der Waals surface area (Å²) in [6, 6.07) is 7.63. The van der Waals surface area contributed by atoms with Gasteiger partial charge in [-0.15, -0.1) is 0 Å². The van der Waals surface area contributed by atoms with Crippen LogP contribution >= 0.6 is 11.6 Å². The van der Waals surface area contributed by atoms with Gasteiger partial charge in [-0.25, -0.2) is 9.97 Å². The Kier molecular flexibility index (Phi) is 4.43. The first kappa shape index (κ1) is 16.1. The van der Waals surface area contributed by atoms with Crippen LogP contribution in [0.2, 0.25) is 5.02 Å². The number of anilines is 1. The molecule has 1 aliphatic carbocycles. The second-order valence-corrected chi connectivity index (χ2v) is 6.03. The number of aromatic nitrogens is 2. The molecule has 0 spiro atoms. The first-order valence-corrected chi connectivity index (χ1v) is 7.78. The lowest BCUT2D eigenvalue weighted by Crippen LogP contribution is -2.19. The van der Waals surface area contributed by atoms with Gasteiger partial charge in [-0.3, -0.25) is 0 Å². The van der Waals surface area contributed by atoms with Crippen LogP contribution < -0.4 is 5.32 Å². The van der Waals surface area contributed by atoms with Crippen molar-refractivity contribution >= 4 is 17.5 Å². The molecule has 1 aliphatic rings. The highest BCUT2D eigenvalue weighted by molar-refractivity contribution is 6.30. The largest absolute Gasteiger partial charge is 0.433 e. The first-order valence-electron chi connectivity index (χ1n) is 7.40.